The minimum Gasteiger partial charge on any atom is -0.507 e. The van der Waals surface area contributed by atoms with Crippen molar-refractivity contribution in [2.75, 3.05) is 39.6 Å². The highest BCUT2D eigenvalue weighted by Crippen LogP contribution is 2.41. The number of hydrogen-bond acceptors (Lipinski definition) is 22. The third-order valence-corrected chi connectivity index (χ3v) is 14.0. The van der Waals surface area contributed by atoms with Crippen LogP contribution in [0.1, 0.15) is 110 Å². The van der Waals surface area contributed by atoms with E-state index in [1.54, 1.807) is 85.7 Å². The predicted molar refractivity (Wildman–Crippen MR) is 332 cm³/mol. The number of aliphatic hydroxyl groups excluding tert-OH is 5. The Labute approximate surface area is 525 Å². The monoisotopic (exact) mass is 1250 g/mol. The van der Waals surface area contributed by atoms with Gasteiger partial charge in [-0.25, -0.2) is 0 Å². The van der Waals surface area contributed by atoms with Gasteiger partial charge in [0.25, 0.3) is 0 Å². The van der Waals surface area contributed by atoms with Crippen LogP contribution in [-0.4, -0.2) is 149 Å². The fourth-order valence-electron chi connectivity index (χ4n) is 9.54. The molecule has 25 nitrogen and oxygen atoms in total. The van der Waals surface area contributed by atoms with Gasteiger partial charge in [-0.15, -0.1) is 0 Å². The molecule has 3 aromatic carbocycles. The molecule has 11 rings (SSSR count). The zero-order valence-electron chi connectivity index (χ0n) is 51.3. The van der Waals surface area contributed by atoms with E-state index in [1.165, 1.54) is 6.07 Å². The van der Waals surface area contributed by atoms with Crippen LogP contribution >= 0.6 is 0 Å². The Morgan fingerprint density at radius 2 is 0.890 bits per heavy atom. The van der Waals surface area contributed by atoms with Crippen LogP contribution in [-0.2, 0) is 38.8 Å². The maximum atomic E-state index is 11.2. The Bertz CT molecular complexity index is 3590. The molecule has 2 atom stereocenters. The molecule has 2 saturated heterocycles. The van der Waals surface area contributed by atoms with Crippen LogP contribution in [0.3, 0.4) is 0 Å². The Morgan fingerprint density at radius 1 is 0.505 bits per heavy atom. The molecule has 25 heteroatoms. The number of aliphatic hydroxyl groups is 5. The largest absolute Gasteiger partial charge is 0.507 e. The quantitative estimate of drug-likeness (QED) is 0.0313. The van der Waals surface area contributed by atoms with E-state index in [4.69, 9.17) is 48.5 Å². The second-order valence-electron chi connectivity index (χ2n) is 21.6. The summed E-state index contributed by atoms with van der Waals surface area (Å²) in [6.45, 7) is 12.7. The molecule has 8 heterocycles. The molecule has 482 valence electrons. The summed E-state index contributed by atoms with van der Waals surface area (Å²) in [5, 5.41) is 86.6. The predicted octanol–water partition coefficient (Wildman–Crippen LogP) is 8.39. The second-order valence-corrected chi connectivity index (χ2v) is 21.6. The van der Waals surface area contributed by atoms with Gasteiger partial charge in [0.15, 0.2) is 18.9 Å². The number of ether oxygens (including phenoxy) is 7. The summed E-state index contributed by atoms with van der Waals surface area (Å²) in [5.74, 6) is 1.16. The fraction of sp³-hybridized carbons (Fsp3) is 0.348. The molecule has 6 aromatic heterocycles. The first kappa shape index (κ1) is 67.8. The Kier molecular flexibility index (Phi) is 24.6. The van der Waals surface area contributed by atoms with Crippen LogP contribution in [0.15, 0.2) is 146 Å². The molecule has 0 aliphatic carbocycles. The van der Waals surface area contributed by atoms with Gasteiger partial charge in [-0.2, -0.15) is 15.3 Å². The van der Waals surface area contributed by atoms with E-state index in [0.29, 0.717) is 34.7 Å². The highest BCUT2D eigenvalue weighted by Gasteiger charge is 2.32. The highest BCUT2D eigenvalue weighted by atomic mass is 16.7. The zero-order valence-corrected chi connectivity index (χ0v) is 51.3. The molecule has 2 unspecified atom stereocenters. The molecule has 0 saturated carbocycles. The van der Waals surface area contributed by atoms with Crippen molar-refractivity contribution in [3.8, 4) is 68.7 Å². The summed E-state index contributed by atoms with van der Waals surface area (Å²) >= 11 is 0. The molecule has 9 aromatic rings. The smallest absolute Gasteiger partial charge is 0.191 e. The van der Waals surface area contributed by atoms with Crippen LogP contribution in [0.5, 0.6) is 34.5 Å². The van der Waals surface area contributed by atoms with Gasteiger partial charge in [0.1, 0.15) is 72.6 Å². The van der Waals surface area contributed by atoms with E-state index in [2.05, 4.69) is 71.8 Å². The first-order chi connectivity index (χ1) is 44.0. The number of rotatable bonds is 21. The number of carbonyl (C=O) groups excluding carboxylic acids is 1. The van der Waals surface area contributed by atoms with Crippen molar-refractivity contribution < 1.29 is 78.8 Å². The summed E-state index contributed by atoms with van der Waals surface area (Å²) in [5.41, 5.74) is 8.67. The van der Waals surface area contributed by atoms with Gasteiger partial charge >= 0.3 is 0 Å². The van der Waals surface area contributed by atoms with Crippen LogP contribution < -0.4 is 14.2 Å². The van der Waals surface area contributed by atoms with Gasteiger partial charge in [0.05, 0.1) is 90.5 Å². The third-order valence-electron chi connectivity index (χ3n) is 14.0. The minimum absolute atomic E-state index is 0.0122. The van der Waals surface area contributed by atoms with Crippen LogP contribution in [0.4, 0.5) is 0 Å². The van der Waals surface area contributed by atoms with Gasteiger partial charge in [0, 0.05) is 72.0 Å². The number of aromatic hydroxyl groups is 3. The summed E-state index contributed by atoms with van der Waals surface area (Å²) in [6.07, 6.45) is 7.39. The highest BCUT2D eigenvalue weighted by molar-refractivity contribution is 5.83. The molecular weight excluding hydrogens is 1170 g/mol. The normalized spacial score (nSPS) is 16.2. The molecule has 0 bridgehead atoms. The lowest BCUT2D eigenvalue weighted by Crippen LogP contribution is -2.31. The van der Waals surface area contributed by atoms with Crippen molar-refractivity contribution in [3.05, 3.63) is 180 Å². The molecule has 2 aliphatic rings. The standard InChI is InChI=1S/2C22H25N3O5.C19H19N3O3.C3H8O3/c1-14(2)25-17(8-10-24-25)21-15(5-4-9-23-21)12-28-19-7-3-6-18(27)20(19)22-29-13-16(11-26)30-22;1-14(2)25-17(8-10-24-25)21-15(5-4-9-23-21)11-28-19-7-3-6-18(27)20(19)22-29-12-16(26)13-30-22;1-13(2)22-16(8-10-21-22)19-14(5-4-9-20-19)12-25-18-7-3-6-17(24)15(18)11-23;4-1-3(6)2-5/h2*3-10,14,16,22,26-27H,11-13H2,1-2H3;3-11,13,24H,12H2,1-2H3;3-6H,1-2H2. The molecule has 8 N–H and O–H groups in total. The van der Waals surface area contributed by atoms with E-state index < -0.39 is 30.9 Å². The second kappa shape index (κ2) is 33.1. The molecule has 0 amide bonds. The van der Waals surface area contributed by atoms with Crippen molar-refractivity contribution in [1.82, 2.24) is 44.3 Å². The van der Waals surface area contributed by atoms with Crippen LogP contribution in [0.2, 0.25) is 0 Å². The topological polar surface area (TPSA) is 336 Å². The number of benzene rings is 3. The first-order valence-corrected chi connectivity index (χ1v) is 29.5. The van der Waals surface area contributed by atoms with Crippen molar-refractivity contribution in [3.63, 3.8) is 0 Å². The summed E-state index contributed by atoms with van der Waals surface area (Å²) in [7, 11) is 0. The van der Waals surface area contributed by atoms with Gasteiger partial charge < -0.3 is 74.0 Å². The lowest BCUT2D eigenvalue weighted by Gasteiger charge is -2.28. The number of nitrogens with zero attached hydrogens (tertiary/aromatic N) is 9. The molecule has 91 heavy (non-hydrogen) atoms. The Hall–Kier alpha value is -9.15. The molecule has 2 aliphatic heterocycles. The first-order valence-electron chi connectivity index (χ1n) is 29.5. The average Bonchev–Trinajstić information content (AvgIpc) is 2.37. The number of phenols is 3. The number of phenolic OH excluding ortho intramolecular Hbond substituents is 3. The molecule has 0 radical (unpaired) electrons. The number of hydrogen-bond donors (Lipinski definition) is 8. The lowest BCUT2D eigenvalue weighted by molar-refractivity contribution is -0.221. The Morgan fingerprint density at radius 3 is 1.26 bits per heavy atom. The minimum atomic E-state index is -0.954. The SMILES string of the molecule is CC(C)n1nccc1-c1ncccc1COc1cccc(O)c1C1OCC(CO)O1.CC(C)n1nccc1-c1ncccc1COc1cccc(O)c1C1OCC(O)CO1.CC(C)n1nccc1-c1ncccc1COc1cccc(O)c1C=O.OCC(O)CO. The summed E-state index contributed by atoms with van der Waals surface area (Å²) in [4.78, 5) is 24.7. The van der Waals surface area contributed by atoms with Crippen LogP contribution in [0, 0.1) is 0 Å². The fourth-order valence-corrected chi connectivity index (χ4v) is 9.54. The van der Waals surface area contributed by atoms with Crippen molar-refractivity contribution in [1.29, 1.82) is 0 Å². The molecular formula is C66H77N9O16. The van der Waals surface area contributed by atoms with Gasteiger partial charge in [0.2, 0.25) is 0 Å². The summed E-state index contributed by atoms with van der Waals surface area (Å²) < 4.78 is 46.0. The number of pyridine rings is 3. The zero-order chi connectivity index (χ0) is 65.0. The van der Waals surface area contributed by atoms with Crippen molar-refractivity contribution in [2.24, 2.45) is 0 Å². The van der Waals surface area contributed by atoms with Gasteiger partial charge in [-0.05, 0) is 114 Å². The van der Waals surface area contributed by atoms with E-state index in [-0.39, 0.29) is 100 Å². The maximum Gasteiger partial charge on any atom is 0.191 e. The van der Waals surface area contributed by atoms with E-state index in [1.807, 2.05) is 68.6 Å². The van der Waals surface area contributed by atoms with E-state index in [0.717, 1.165) is 50.9 Å². The lowest BCUT2D eigenvalue weighted by atomic mass is 10.1. The van der Waals surface area contributed by atoms with Crippen LogP contribution in [0.25, 0.3) is 34.2 Å². The molecule has 0 spiro atoms. The average molecular weight is 1250 g/mol. The number of carbonyl (C=O) groups is 1. The van der Waals surface area contributed by atoms with Gasteiger partial charge in [-0.3, -0.25) is 33.8 Å². The van der Waals surface area contributed by atoms with Crippen molar-refractivity contribution in [2.45, 2.75) is 110 Å². The third kappa shape index (κ3) is 17.4. The Balaban J connectivity index is 0.000000169. The van der Waals surface area contributed by atoms with Crippen molar-refractivity contribution >= 4 is 6.29 Å². The number of aldehydes is 1. The van der Waals surface area contributed by atoms with E-state index >= 15 is 0 Å². The maximum absolute atomic E-state index is 11.2. The number of aromatic nitrogens is 9. The van der Waals surface area contributed by atoms with E-state index in [9.17, 15) is 30.3 Å². The van der Waals surface area contributed by atoms with Gasteiger partial charge in [-0.1, -0.05) is 36.4 Å². The summed E-state index contributed by atoms with van der Waals surface area (Å²) in [6, 6.07) is 32.5. The molecule has 2 fully saturated rings.